The molecule has 1 amide bonds. The fourth-order valence-electron chi connectivity index (χ4n) is 3.54. The van der Waals surface area contributed by atoms with Crippen molar-refractivity contribution in [2.24, 2.45) is 0 Å². The highest BCUT2D eigenvalue weighted by atomic mass is 32.1. The molecule has 0 aromatic carbocycles. The van der Waals surface area contributed by atoms with E-state index in [2.05, 4.69) is 10.3 Å². The topological polar surface area (TPSA) is 67.2 Å². The Labute approximate surface area is 159 Å². The van der Waals surface area contributed by atoms with Crippen LogP contribution in [-0.2, 0) is 11.3 Å². The summed E-state index contributed by atoms with van der Waals surface area (Å²) in [5.74, 6) is -0.0149. The zero-order valence-electron chi connectivity index (χ0n) is 14.5. The van der Waals surface area contributed by atoms with Gasteiger partial charge in [-0.1, -0.05) is 6.07 Å². The Hall–Kier alpha value is -2.03. The Balaban J connectivity index is 1.65. The van der Waals surface area contributed by atoms with E-state index in [1.54, 1.807) is 11.3 Å². The lowest BCUT2D eigenvalue weighted by atomic mass is 10.2. The van der Waals surface area contributed by atoms with Gasteiger partial charge < -0.3 is 10.2 Å². The van der Waals surface area contributed by atoms with E-state index >= 15 is 0 Å². The minimum Gasteiger partial charge on any atom is -0.337 e. The number of carbonyl (C=O) groups is 1. The first-order chi connectivity index (χ1) is 12.7. The first kappa shape index (κ1) is 17.4. The molecule has 3 aromatic heterocycles. The molecule has 6 nitrogen and oxygen atoms in total. The van der Waals surface area contributed by atoms with Gasteiger partial charge in [0.05, 0.1) is 11.7 Å². The molecule has 1 aliphatic heterocycles. The number of carbonyl (C=O) groups excluding carboxylic acids is 1. The number of nitrogens with zero attached hydrogens (tertiary/aromatic N) is 3. The van der Waals surface area contributed by atoms with E-state index in [0.717, 1.165) is 41.2 Å². The van der Waals surface area contributed by atoms with Crippen molar-refractivity contribution in [2.75, 3.05) is 20.1 Å². The van der Waals surface area contributed by atoms with Crippen molar-refractivity contribution in [3.63, 3.8) is 0 Å². The Kier molecular flexibility index (Phi) is 4.88. The Morgan fingerprint density at radius 2 is 2.31 bits per heavy atom. The van der Waals surface area contributed by atoms with E-state index in [-0.39, 0.29) is 24.1 Å². The highest BCUT2D eigenvalue weighted by molar-refractivity contribution is 7.18. The van der Waals surface area contributed by atoms with Gasteiger partial charge in [-0.2, -0.15) is 0 Å². The normalized spacial score (nSPS) is 17.3. The van der Waals surface area contributed by atoms with Crippen LogP contribution in [0, 0.1) is 0 Å². The van der Waals surface area contributed by atoms with Crippen molar-refractivity contribution in [3.05, 3.63) is 39.6 Å². The summed E-state index contributed by atoms with van der Waals surface area (Å²) in [4.78, 5) is 33.8. The number of likely N-dealkylation sites (N-methyl/N-ethyl adjacent to an activating group) is 1. The van der Waals surface area contributed by atoms with Gasteiger partial charge in [0.1, 0.15) is 11.4 Å². The van der Waals surface area contributed by atoms with Crippen LogP contribution < -0.4 is 10.9 Å². The molecule has 1 unspecified atom stereocenters. The molecule has 0 spiro atoms. The summed E-state index contributed by atoms with van der Waals surface area (Å²) >= 11 is 3.06. The number of rotatable bonds is 5. The summed E-state index contributed by atoms with van der Waals surface area (Å²) in [6, 6.07) is 4.18. The Morgan fingerprint density at radius 1 is 1.42 bits per heavy atom. The number of thiophene rings is 2. The average Bonchev–Trinajstić information content (AvgIpc) is 3.37. The van der Waals surface area contributed by atoms with Crippen molar-refractivity contribution in [1.29, 1.82) is 0 Å². The molecule has 136 valence electrons. The summed E-state index contributed by atoms with van der Waals surface area (Å²) in [6.07, 6.45) is 3.52. The third-order valence-corrected chi connectivity index (χ3v) is 6.58. The molecule has 0 saturated carbocycles. The van der Waals surface area contributed by atoms with E-state index in [1.165, 1.54) is 22.2 Å². The summed E-state index contributed by atoms with van der Waals surface area (Å²) in [5.41, 5.74) is 0.769. The SMILES string of the molecule is CNCC1CCCN1C(=O)Cn1cnc2scc(-c3cccs3)c2c1=O. The number of aromatic nitrogens is 2. The molecular formula is C18H20N4O2S2. The number of amides is 1. The third kappa shape index (κ3) is 3.08. The van der Waals surface area contributed by atoms with Crippen LogP contribution >= 0.6 is 22.7 Å². The first-order valence-electron chi connectivity index (χ1n) is 8.63. The lowest BCUT2D eigenvalue weighted by Gasteiger charge is -2.24. The van der Waals surface area contributed by atoms with Crippen molar-refractivity contribution >= 4 is 38.8 Å². The van der Waals surface area contributed by atoms with E-state index in [4.69, 9.17) is 0 Å². The van der Waals surface area contributed by atoms with Gasteiger partial charge in [-0.05, 0) is 31.3 Å². The number of likely N-dealkylation sites (tertiary alicyclic amines) is 1. The lowest BCUT2D eigenvalue weighted by Crippen LogP contribution is -2.43. The molecular weight excluding hydrogens is 368 g/mol. The minimum absolute atomic E-state index is 0.0149. The van der Waals surface area contributed by atoms with E-state index in [9.17, 15) is 9.59 Å². The highest BCUT2D eigenvalue weighted by Crippen LogP contribution is 2.33. The third-order valence-electron chi connectivity index (χ3n) is 4.79. The molecule has 4 rings (SSSR count). The molecule has 0 bridgehead atoms. The fraction of sp³-hybridized carbons (Fsp3) is 0.389. The van der Waals surface area contributed by atoms with Gasteiger partial charge in [-0.15, -0.1) is 22.7 Å². The highest BCUT2D eigenvalue weighted by Gasteiger charge is 2.28. The summed E-state index contributed by atoms with van der Waals surface area (Å²) < 4.78 is 1.45. The molecule has 26 heavy (non-hydrogen) atoms. The molecule has 0 radical (unpaired) electrons. The van der Waals surface area contributed by atoms with E-state index in [0.29, 0.717) is 5.39 Å². The Morgan fingerprint density at radius 3 is 3.08 bits per heavy atom. The Bertz CT molecular complexity index is 977. The second kappa shape index (κ2) is 7.30. The molecule has 4 heterocycles. The number of hydrogen-bond acceptors (Lipinski definition) is 6. The van der Waals surface area contributed by atoms with E-state index in [1.807, 2.05) is 34.8 Å². The average molecular weight is 389 g/mol. The van der Waals surface area contributed by atoms with Crippen LogP contribution in [0.15, 0.2) is 34.0 Å². The molecule has 1 atom stereocenters. The summed E-state index contributed by atoms with van der Waals surface area (Å²) in [7, 11) is 1.89. The number of fused-ring (bicyclic) bond motifs is 1. The monoisotopic (exact) mass is 388 g/mol. The van der Waals surface area contributed by atoms with Crippen molar-refractivity contribution in [1.82, 2.24) is 19.8 Å². The van der Waals surface area contributed by atoms with Gasteiger partial charge in [0.15, 0.2) is 0 Å². The van der Waals surface area contributed by atoms with Gasteiger partial charge in [-0.3, -0.25) is 14.2 Å². The number of nitrogens with one attached hydrogen (secondary N) is 1. The largest absolute Gasteiger partial charge is 0.337 e. The van der Waals surface area contributed by atoms with Crippen molar-refractivity contribution in [2.45, 2.75) is 25.4 Å². The number of hydrogen-bond donors (Lipinski definition) is 1. The maximum atomic E-state index is 13.0. The molecule has 8 heteroatoms. The first-order valence-corrected chi connectivity index (χ1v) is 10.4. The quantitative estimate of drug-likeness (QED) is 0.729. The second-order valence-corrected chi connectivity index (χ2v) is 8.23. The smallest absolute Gasteiger partial charge is 0.263 e. The molecule has 1 aliphatic rings. The lowest BCUT2D eigenvalue weighted by molar-refractivity contribution is -0.132. The van der Waals surface area contributed by atoms with E-state index < -0.39 is 0 Å². The predicted molar refractivity (Wildman–Crippen MR) is 106 cm³/mol. The van der Waals surface area contributed by atoms with Crippen LogP contribution in [-0.4, -0.2) is 46.5 Å². The second-order valence-electron chi connectivity index (χ2n) is 6.43. The van der Waals surface area contributed by atoms with Crippen molar-refractivity contribution < 1.29 is 4.79 Å². The summed E-state index contributed by atoms with van der Waals surface area (Å²) in [5, 5.41) is 7.72. The molecule has 3 aromatic rings. The molecule has 1 N–H and O–H groups in total. The van der Waals surface area contributed by atoms with Crippen LogP contribution in [0.25, 0.3) is 20.7 Å². The zero-order valence-corrected chi connectivity index (χ0v) is 16.1. The van der Waals surface area contributed by atoms with Gasteiger partial charge in [-0.25, -0.2) is 4.98 Å². The molecule has 0 aliphatic carbocycles. The van der Waals surface area contributed by atoms with Gasteiger partial charge in [0.2, 0.25) is 5.91 Å². The minimum atomic E-state index is -0.141. The maximum Gasteiger partial charge on any atom is 0.263 e. The van der Waals surface area contributed by atoms with Gasteiger partial charge in [0, 0.05) is 35.0 Å². The van der Waals surface area contributed by atoms with Gasteiger partial charge in [0.25, 0.3) is 5.56 Å². The van der Waals surface area contributed by atoms with Crippen LogP contribution in [0.5, 0.6) is 0 Å². The van der Waals surface area contributed by atoms with Gasteiger partial charge >= 0.3 is 0 Å². The van der Waals surface area contributed by atoms with Crippen LogP contribution in [0.2, 0.25) is 0 Å². The fourth-order valence-corrected chi connectivity index (χ4v) is 5.26. The predicted octanol–water partition coefficient (Wildman–Crippen LogP) is 2.40. The molecule has 1 fully saturated rings. The van der Waals surface area contributed by atoms with Crippen molar-refractivity contribution in [3.8, 4) is 10.4 Å². The zero-order chi connectivity index (χ0) is 18.1. The maximum absolute atomic E-state index is 13.0. The van der Waals surface area contributed by atoms with Crippen LogP contribution in [0.3, 0.4) is 0 Å². The molecule has 1 saturated heterocycles. The summed E-state index contributed by atoms with van der Waals surface area (Å²) in [6.45, 7) is 1.58. The van der Waals surface area contributed by atoms with Crippen LogP contribution in [0.4, 0.5) is 0 Å². The van der Waals surface area contributed by atoms with Crippen LogP contribution in [0.1, 0.15) is 12.8 Å². The standard InChI is InChI=1S/C18H20N4O2S2/c1-19-8-12-4-2-6-22(12)15(23)9-21-11-20-17-16(18(21)24)13(10-26-17)14-5-3-7-25-14/h3,5,7,10-12,19H,2,4,6,8-9H2,1H3.